The maximum atomic E-state index is 12.9. The summed E-state index contributed by atoms with van der Waals surface area (Å²) >= 11 is 1.40. The van der Waals surface area contributed by atoms with Crippen LogP contribution in [0, 0.1) is 5.92 Å². The summed E-state index contributed by atoms with van der Waals surface area (Å²) in [6.45, 7) is 6.38. The van der Waals surface area contributed by atoms with Gasteiger partial charge in [0.25, 0.3) is 0 Å². The highest BCUT2D eigenvalue weighted by Gasteiger charge is 2.25. The number of benzene rings is 1. The van der Waals surface area contributed by atoms with E-state index in [-0.39, 0.29) is 11.8 Å². The Hall–Kier alpha value is -2.29. The minimum atomic E-state index is -1.12. The SMILES string of the molecule is CCC[C@H](NC(=O)C(O)CC(C)C)C(=O)Nc1ncc(-c2ccccc2COC2CCCCC2)s1. The first-order chi connectivity index (χ1) is 16.9. The first-order valence-corrected chi connectivity index (χ1v) is 13.6. The van der Waals surface area contributed by atoms with Gasteiger partial charge in [0.15, 0.2) is 5.13 Å². The minimum absolute atomic E-state index is 0.180. The van der Waals surface area contributed by atoms with Crippen molar-refractivity contribution in [3.8, 4) is 10.4 Å². The van der Waals surface area contributed by atoms with Crippen LogP contribution < -0.4 is 10.6 Å². The zero-order valence-electron chi connectivity index (χ0n) is 21.1. The fourth-order valence-corrected chi connectivity index (χ4v) is 5.23. The molecule has 7 nitrogen and oxygen atoms in total. The lowest BCUT2D eigenvalue weighted by atomic mass is 9.97. The number of aromatic nitrogens is 1. The van der Waals surface area contributed by atoms with Gasteiger partial charge in [0.1, 0.15) is 12.1 Å². The van der Waals surface area contributed by atoms with E-state index in [9.17, 15) is 14.7 Å². The van der Waals surface area contributed by atoms with Gasteiger partial charge in [-0.3, -0.25) is 9.59 Å². The molecule has 1 aromatic heterocycles. The summed E-state index contributed by atoms with van der Waals surface area (Å²) in [6.07, 6.45) is 8.55. The van der Waals surface area contributed by atoms with Crippen molar-refractivity contribution in [3.63, 3.8) is 0 Å². The van der Waals surface area contributed by atoms with Crippen molar-refractivity contribution in [2.75, 3.05) is 5.32 Å². The van der Waals surface area contributed by atoms with E-state index in [1.165, 1.54) is 30.6 Å². The molecular formula is C27H39N3O4S. The fraction of sp³-hybridized carbons (Fsp3) is 0.593. The third-order valence-electron chi connectivity index (χ3n) is 6.25. The lowest BCUT2D eigenvalue weighted by Gasteiger charge is -2.22. The second-order valence-corrected chi connectivity index (χ2v) is 10.8. The van der Waals surface area contributed by atoms with Crippen LogP contribution in [-0.4, -0.2) is 40.2 Å². The summed E-state index contributed by atoms with van der Waals surface area (Å²) in [4.78, 5) is 30.6. The van der Waals surface area contributed by atoms with Gasteiger partial charge in [-0.05, 0) is 42.7 Å². The van der Waals surface area contributed by atoms with E-state index >= 15 is 0 Å². The van der Waals surface area contributed by atoms with E-state index in [0.717, 1.165) is 35.3 Å². The molecule has 192 valence electrons. The van der Waals surface area contributed by atoms with E-state index in [2.05, 4.69) is 27.8 Å². The molecule has 1 aliphatic rings. The Balaban J connectivity index is 1.63. The highest BCUT2D eigenvalue weighted by atomic mass is 32.1. The molecule has 1 aromatic carbocycles. The van der Waals surface area contributed by atoms with Crippen LogP contribution in [-0.2, 0) is 20.9 Å². The van der Waals surface area contributed by atoms with Crippen molar-refractivity contribution in [1.82, 2.24) is 10.3 Å². The third-order valence-corrected chi connectivity index (χ3v) is 7.20. The van der Waals surface area contributed by atoms with Gasteiger partial charge in [0, 0.05) is 6.20 Å². The normalized spacial score (nSPS) is 16.1. The monoisotopic (exact) mass is 501 g/mol. The van der Waals surface area contributed by atoms with Gasteiger partial charge in [0.2, 0.25) is 11.8 Å². The second kappa shape index (κ2) is 13.7. The standard InChI is InChI=1S/C27H39N3O4S/c1-4-10-22(29-26(33)23(31)15-18(2)3)25(32)30-27-28-16-24(35-27)21-14-9-8-11-19(21)17-34-20-12-6-5-7-13-20/h8-9,11,14,16,18,20,22-23,31H,4-7,10,12-13,15,17H2,1-3H3,(H,29,33)(H,28,30,32)/t22-,23?/m0/s1. The number of aliphatic hydroxyl groups is 1. The average molecular weight is 502 g/mol. The molecule has 1 saturated carbocycles. The molecule has 35 heavy (non-hydrogen) atoms. The van der Waals surface area contributed by atoms with Gasteiger partial charge in [-0.15, -0.1) is 0 Å². The van der Waals surface area contributed by atoms with Crippen molar-refractivity contribution in [1.29, 1.82) is 0 Å². The summed E-state index contributed by atoms with van der Waals surface area (Å²) in [6, 6.07) is 7.41. The maximum Gasteiger partial charge on any atom is 0.249 e. The number of nitrogens with one attached hydrogen (secondary N) is 2. The summed E-state index contributed by atoms with van der Waals surface area (Å²) in [7, 11) is 0. The van der Waals surface area contributed by atoms with Gasteiger partial charge < -0.3 is 20.5 Å². The first-order valence-electron chi connectivity index (χ1n) is 12.8. The zero-order chi connectivity index (χ0) is 25.2. The molecule has 0 aliphatic heterocycles. The van der Waals surface area contributed by atoms with Crippen LogP contribution in [0.15, 0.2) is 30.5 Å². The molecule has 0 saturated heterocycles. The number of nitrogens with zero attached hydrogens (tertiary/aromatic N) is 1. The summed E-state index contributed by atoms with van der Waals surface area (Å²) in [5.74, 6) is -0.662. The van der Waals surface area contributed by atoms with Crippen LogP contribution in [0.5, 0.6) is 0 Å². The molecule has 2 aromatic rings. The van der Waals surface area contributed by atoms with Crippen molar-refractivity contribution < 1.29 is 19.4 Å². The van der Waals surface area contributed by atoms with Gasteiger partial charge in [-0.25, -0.2) is 4.98 Å². The Morgan fingerprint density at radius 3 is 2.63 bits per heavy atom. The van der Waals surface area contributed by atoms with Crippen molar-refractivity contribution >= 4 is 28.3 Å². The number of hydrogen-bond acceptors (Lipinski definition) is 6. The van der Waals surface area contributed by atoms with Crippen LogP contribution in [0.2, 0.25) is 0 Å². The molecule has 2 atom stereocenters. The molecule has 2 amide bonds. The first kappa shape index (κ1) is 27.3. The number of rotatable bonds is 12. The summed E-state index contributed by atoms with van der Waals surface area (Å²) in [5, 5.41) is 16.1. The number of amides is 2. The lowest BCUT2D eigenvalue weighted by molar-refractivity contribution is -0.133. The van der Waals surface area contributed by atoms with Gasteiger partial charge >= 0.3 is 0 Å². The van der Waals surface area contributed by atoms with E-state index < -0.39 is 18.1 Å². The number of hydrogen-bond donors (Lipinski definition) is 3. The van der Waals surface area contributed by atoms with Crippen molar-refractivity contribution in [3.05, 3.63) is 36.0 Å². The molecular weight excluding hydrogens is 462 g/mol. The molecule has 1 unspecified atom stereocenters. The fourth-order valence-electron chi connectivity index (χ4n) is 4.35. The highest BCUT2D eigenvalue weighted by molar-refractivity contribution is 7.19. The summed E-state index contributed by atoms with van der Waals surface area (Å²) in [5.41, 5.74) is 2.16. The largest absolute Gasteiger partial charge is 0.383 e. The van der Waals surface area contributed by atoms with E-state index in [1.807, 2.05) is 32.9 Å². The van der Waals surface area contributed by atoms with Gasteiger partial charge in [0.05, 0.1) is 17.6 Å². The molecule has 3 rings (SSSR count). The van der Waals surface area contributed by atoms with E-state index in [1.54, 1.807) is 6.20 Å². The molecule has 0 radical (unpaired) electrons. The number of carbonyl (C=O) groups excluding carboxylic acids is 2. The Kier molecular flexibility index (Phi) is 10.7. The average Bonchev–Trinajstić information content (AvgIpc) is 3.31. The maximum absolute atomic E-state index is 12.9. The van der Waals surface area contributed by atoms with Crippen LogP contribution in [0.4, 0.5) is 5.13 Å². The molecule has 1 heterocycles. The lowest BCUT2D eigenvalue weighted by Crippen LogP contribution is -2.47. The number of carbonyl (C=O) groups is 2. The second-order valence-electron chi connectivity index (χ2n) is 9.74. The zero-order valence-corrected chi connectivity index (χ0v) is 21.9. The molecule has 0 spiro atoms. The quantitative estimate of drug-likeness (QED) is 0.367. The van der Waals surface area contributed by atoms with Gasteiger partial charge in [-0.1, -0.05) is 82.1 Å². The molecule has 8 heteroatoms. The van der Waals surface area contributed by atoms with Crippen molar-refractivity contribution in [2.24, 2.45) is 5.92 Å². The van der Waals surface area contributed by atoms with Crippen LogP contribution in [0.1, 0.15) is 77.7 Å². The molecule has 1 aliphatic carbocycles. The number of anilines is 1. The predicted molar refractivity (Wildman–Crippen MR) is 140 cm³/mol. The van der Waals surface area contributed by atoms with Crippen molar-refractivity contribution in [2.45, 2.75) is 97.0 Å². The smallest absolute Gasteiger partial charge is 0.249 e. The molecule has 0 bridgehead atoms. The Morgan fingerprint density at radius 2 is 1.91 bits per heavy atom. The third kappa shape index (κ3) is 8.40. The summed E-state index contributed by atoms with van der Waals surface area (Å²) < 4.78 is 6.19. The van der Waals surface area contributed by atoms with Crippen LogP contribution >= 0.6 is 11.3 Å². The predicted octanol–water partition coefficient (Wildman–Crippen LogP) is 5.29. The Morgan fingerprint density at radius 1 is 1.17 bits per heavy atom. The molecule has 3 N–H and O–H groups in total. The van der Waals surface area contributed by atoms with Crippen LogP contribution in [0.3, 0.4) is 0 Å². The Bertz CT molecular complexity index is 955. The highest BCUT2D eigenvalue weighted by Crippen LogP contribution is 2.32. The number of thiazole rings is 1. The van der Waals surface area contributed by atoms with E-state index in [0.29, 0.717) is 30.7 Å². The van der Waals surface area contributed by atoms with Crippen LogP contribution in [0.25, 0.3) is 10.4 Å². The minimum Gasteiger partial charge on any atom is -0.383 e. The Labute approximate surface area is 212 Å². The van der Waals surface area contributed by atoms with E-state index in [4.69, 9.17) is 4.74 Å². The van der Waals surface area contributed by atoms with Gasteiger partial charge in [-0.2, -0.15) is 0 Å². The molecule has 1 fully saturated rings. The topological polar surface area (TPSA) is 101 Å². The number of ether oxygens (including phenoxy) is 1. The number of aliphatic hydroxyl groups excluding tert-OH is 1.